The Morgan fingerprint density at radius 2 is 1.00 bits per heavy atom. The van der Waals surface area contributed by atoms with Gasteiger partial charge in [-0.1, -0.05) is 231 Å². The first-order chi connectivity index (χ1) is 36.6. The molecule has 0 saturated heterocycles. The molecular formula is C72H54N2. The van der Waals surface area contributed by atoms with Crippen molar-refractivity contribution in [1.82, 2.24) is 4.57 Å². The average Bonchev–Trinajstić information content (AvgIpc) is 3.83. The van der Waals surface area contributed by atoms with Crippen LogP contribution in [0.25, 0.3) is 77.2 Å². The maximum atomic E-state index is 4.35. The van der Waals surface area contributed by atoms with E-state index in [4.69, 9.17) is 0 Å². The van der Waals surface area contributed by atoms with Gasteiger partial charge in [0, 0.05) is 38.9 Å². The zero-order valence-corrected chi connectivity index (χ0v) is 41.2. The largest absolute Gasteiger partial charge is 0.311 e. The molecule has 1 aromatic heterocycles. The summed E-state index contributed by atoms with van der Waals surface area (Å²) in [7, 11) is 0. The second-order valence-corrected chi connectivity index (χ2v) is 18.9. The maximum absolute atomic E-state index is 4.35. The van der Waals surface area contributed by atoms with Gasteiger partial charge in [0.2, 0.25) is 0 Å². The van der Waals surface area contributed by atoms with Gasteiger partial charge in [-0.2, -0.15) is 0 Å². The van der Waals surface area contributed by atoms with Crippen LogP contribution in [0.1, 0.15) is 22.3 Å². The third kappa shape index (κ3) is 9.29. The molecular weight excluding hydrogens is 893 g/mol. The molecule has 0 aliphatic heterocycles. The molecule has 0 fully saturated rings. The fourth-order valence-corrected chi connectivity index (χ4v) is 10.7. The average molecular weight is 947 g/mol. The Labute approximate surface area is 434 Å². The lowest BCUT2D eigenvalue weighted by molar-refractivity contribution is 1.14. The lowest BCUT2D eigenvalue weighted by Gasteiger charge is -2.28. The molecule has 0 atom stereocenters. The lowest BCUT2D eigenvalue weighted by Crippen LogP contribution is -2.16. The van der Waals surface area contributed by atoms with Crippen molar-refractivity contribution in [3.05, 3.63) is 326 Å². The maximum Gasteiger partial charge on any atom is 0.0619 e. The summed E-state index contributed by atoms with van der Waals surface area (Å²) in [5.74, 6) is 0. The van der Waals surface area contributed by atoms with E-state index < -0.39 is 0 Å². The van der Waals surface area contributed by atoms with E-state index in [9.17, 15) is 0 Å². The van der Waals surface area contributed by atoms with Crippen LogP contribution in [0.5, 0.6) is 0 Å². The standard InChI is InChI=1S/C72H54N2/c1-2-54(55-25-10-4-11-26-55)51-67(42-38-52-22-8-3-9-23-52)73(65-43-39-58(40-44-65)63-49-61(56-27-12-5-13-28-56)48-62(50-63)57-29-14-6-15-30-57)66-35-20-24-53(47-66)46-60-32-21-37-70-71(60)69-45-41-59-31-18-19-36-68(59)72(69)74(70)64-33-16-7-17-34-64/h2-37,39-45,47-51H,1,38,46H2/b54-51+,67-42+. The van der Waals surface area contributed by atoms with Crippen LogP contribution in [0, 0.1) is 0 Å². The SMILES string of the molecule is C=C/C(=C\C(=C/Cc1ccccc1)N(c1ccc(-c2cc(-c3ccccc3)cc(-c3ccccc3)c2)cc1)c1cccc(Cc2cccc3c2c2ccc4ccccc4c2n3-c2ccccc2)c1)c1ccccc1. The Bertz CT molecular complexity index is 3920. The molecule has 0 radical (unpaired) electrons. The predicted octanol–water partition coefficient (Wildman–Crippen LogP) is 19.1. The van der Waals surface area contributed by atoms with E-state index in [1.54, 1.807) is 0 Å². The molecule has 12 aromatic rings. The summed E-state index contributed by atoms with van der Waals surface area (Å²) >= 11 is 0. The zero-order chi connectivity index (χ0) is 49.6. The highest BCUT2D eigenvalue weighted by Crippen LogP contribution is 2.41. The first kappa shape index (κ1) is 45.6. The van der Waals surface area contributed by atoms with Crippen molar-refractivity contribution in [1.29, 1.82) is 0 Å². The molecule has 0 aliphatic rings. The van der Waals surface area contributed by atoms with Crippen LogP contribution in [0.3, 0.4) is 0 Å². The molecule has 74 heavy (non-hydrogen) atoms. The summed E-state index contributed by atoms with van der Waals surface area (Å²) in [5, 5.41) is 5.02. The number of nitrogens with zero attached hydrogens (tertiary/aromatic N) is 2. The van der Waals surface area contributed by atoms with Gasteiger partial charge >= 0.3 is 0 Å². The number of aromatic nitrogens is 1. The molecule has 0 unspecified atom stereocenters. The molecule has 0 saturated carbocycles. The quantitative estimate of drug-likeness (QED) is 0.0986. The van der Waals surface area contributed by atoms with E-state index in [-0.39, 0.29) is 0 Å². The van der Waals surface area contributed by atoms with Crippen LogP contribution in [0.2, 0.25) is 0 Å². The van der Waals surface area contributed by atoms with Gasteiger partial charge in [0.05, 0.1) is 11.0 Å². The molecule has 1 heterocycles. The van der Waals surface area contributed by atoms with E-state index in [0.717, 1.165) is 52.3 Å². The Kier molecular flexibility index (Phi) is 12.8. The summed E-state index contributed by atoms with van der Waals surface area (Å²) in [6.45, 7) is 4.35. The van der Waals surface area contributed by atoms with E-state index >= 15 is 0 Å². The highest BCUT2D eigenvalue weighted by molar-refractivity contribution is 6.19. The van der Waals surface area contributed by atoms with E-state index in [1.165, 1.54) is 77.1 Å². The number of fused-ring (bicyclic) bond motifs is 5. The molecule has 0 bridgehead atoms. The number of benzene rings is 11. The first-order valence-electron chi connectivity index (χ1n) is 25.5. The minimum absolute atomic E-state index is 0.747. The van der Waals surface area contributed by atoms with Gasteiger partial charge in [-0.15, -0.1) is 0 Å². The summed E-state index contributed by atoms with van der Waals surface area (Å²) in [6, 6.07) is 98.9. The summed E-state index contributed by atoms with van der Waals surface area (Å²) in [4.78, 5) is 2.42. The Balaban J connectivity index is 1.01. The molecule has 0 N–H and O–H groups in total. The second-order valence-electron chi connectivity index (χ2n) is 18.9. The van der Waals surface area contributed by atoms with Gasteiger partial charge < -0.3 is 9.47 Å². The predicted molar refractivity (Wildman–Crippen MR) is 315 cm³/mol. The van der Waals surface area contributed by atoms with E-state index in [1.807, 2.05) is 6.08 Å². The Morgan fingerprint density at radius 1 is 0.432 bits per heavy atom. The third-order valence-electron chi connectivity index (χ3n) is 14.2. The van der Waals surface area contributed by atoms with Gasteiger partial charge in [0.15, 0.2) is 0 Å². The van der Waals surface area contributed by atoms with Gasteiger partial charge in [0.1, 0.15) is 0 Å². The highest BCUT2D eigenvalue weighted by atomic mass is 15.1. The van der Waals surface area contributed by atoms with Crippen molar-refractivity contribution in [3.8, 4) is 39.1 Å². The minimum atomic E-state index is 0.747. The van der Waals surface area contributed by atoms with E-state index in [2.05, 4.69) is 301 Å². The molecule has 352 valence electrons. The van der Waals surface area contributed by atoms with Crippen molar-refractivity contribution in [2.24, 2.45) is 0 Å². The number of allylic oxidation sites excluding steroid dienone is 4. The van der Waals surface area contributed by atoms with Crippen molar-refractivity contribution in [2.75, 3.05) is 4.90 Å². The molecule has 0 amide bonds. The third-order valence-corrected chi connectivity index (χ3v) is 14.2. The first-order valence-corrected chi connectivity index (χ1v) is 25.5. The second kappa shape index (κ2) is 20.7. The summed E-state index contributed by atoms with van der Waals surface area (Å²) in [5.41, 5.74) is 19.8. The van der Waals surface area contributed by atoms with Crippen LogP contribution in [-0.4, -0.2) is 4.57 Å². The number of para-hydroxylation sites is 1. The molecule has 11 aromatic carbocycles. The smallest absolute Gasteiger partial charge is 0.0619 e. The van der Waals surface area contributed by atoms with Crippen molar-refractivity contribution in [3.63, 3.8) is 0 Å². The molecule has 2 heteroatoms. The zero-order valence-electron chi connectivity index (χ0n) is 41.2. The van der Waals surface area contributed by atoms with Crippen molar-refractivity contribution in [2.45, 2.75) is 12.8 Å². The van der Waals surface area contributed by atoms with Crippen LogP contribution in [0.4, 0.5) is 11.4 Å². The number of hydrogen-bond acceptors (Lipinski definition) is 1. The van der Waals surface area contributed by atoms with Crippen molar-refractivity contribution < 1.29 is 0 Å². The lowest BCUT2D eigenvalue weighted by atomic mass is 9.93. The normalized spacial score (nSPS) is 11.8. The number of anilines is 2. The van der Waals surface area contributed by atoms with Crippen LogP contribution in [0.15, 0.2) is 303 Å². The minimum Gasteiger partial charge on any atom is -0.311 e. The van der Waals surface area contributed by atoms with Gasteiger partial charge in [0.25, 0.3) is 0 Å². The van der Waals surface area contributed by atoms with Crippen LogP contribution < -0.4 is 4.90 Å². The van der Waals surface area contributed by atoms with Crippen LogP contribution in [-0.2, 0) is 12.8 Å². The summed E-state index contributed by atoms with van der Waals surface area (Å²) in [6.07, 6.45) is 8.13. The summed E-state index contributed by atoms with van der Waals surface area (Å²) < 4.78 is 2.46. The van der Waals surface area contributed by atoms with Crippen molar-refractivity contribution >= 4 is 49.5 Å². The number of rotatable bonds is 14. The van der Waals surface area contributed by atoms with E-state index in [0.29, 0.717) is 0 Å². The topological polar surface area (TPSA) is 8.17 Å². The molecule has 2 nitrogen and oxygen atoms in total. The van der Waals surface area contributed by atoms with Gasteiger partial charge in [-0.25, -0.2) is 0 Å². The molecule has 0 aliphatic carbocycles. The number of hydrogen-bond donors (Lipinski definition) is 0. The fraction of sp³-hybridized carbons (Fsp3) is 0.0278. The van der Waals surface area contributed by atoms with Gasteiger partial charge in [-0.05, 0) is 146 Å². The highest BCUT2D eigenvalue weighted by Gasteiger charge is 2.20. The molecule has 0 spiro atoms. The monoisotopic (exact) mass is 946 g/mol. The Hall–Kier alpha value is -9.50. The van der Waals surface area contributed by atoms with Gasteiger partial charge in [-0.3, -0.25) is 0 Å². The molecule has 12 rings (SSSR count). The Morgan fingerprint density at radius 3 is 1.66 bits per heavy atom. The van der Waals surface area contributed by atoms with Crippen LogP contribution >= 0.6 is 0 Å². The fourth-order valence-electron chi connectivity index (χ4n) is 10.7.